The lowest BCUT2D eigenvalue weighted by Crippen LogP contribution is -2.30. The highest BCUT2D eigenvalue weighted by Crippen LogP contribution is 2.60. The molecule has 1 aliphatic heterocycles. The summed E-state index contributed by atoms with van der Waals surface area (Å²) >= 11 is 0. The Morgan fingerprint density at radius 3 is 1.66 bits per heavy atom. The van der Waals surface area contributed by atoms with Crippen LogP contribution in [0.15, 0.2) is 248 Å². The van der Waals surface area contributed by atoms with E-state index in [2.05, 4.69) is 266 Å². The molecule has 0 radical (unpaired) electrons. The molecule has 3 heteroatoms. The molecule has 0 spiro atoms. The number of anilines is 6. The molecule has 10 aromatic rings. The van der Waals surface area contributed by atoms with E-state index in [0.29, 0.717) is 0 Å². The van der Waals surface area contributed by atoms with Gasteiger partial charge in [0.05, 0.1) is 11.1 Å². The lowest BCUT2D eigenvalue weighted by Gasteiger charge is -2.37. The summed E-state index contributed by atoms with van der Waals surface area (Å²) in [5.41, 5.74) is 21.4. The lowest BCUT2D eigenvalue weighted by atomic mass is 9.65. The number of nitrogens with zero attached hydrogens (tertiary/aromatic N) is 2. The number of hydrogen-bond acceptors (Lipinski definition) is 3. The van der Waals surface area contributed by atoms with Gasteiger partial charge >= 0.3 is 0 Å². The molecule has 14 rings (SSSR count). The molecule has 0 fully saturated rings. The monoisotopic (exact) mass is 910 g/mol. The van der Waals surface area contributed by atoms with Gasteiger partial charge in [-0.05, 0) is 141 Å². The fraction of sp³-hybridized carbons (Fsp3) is 0.0882. The van der Waals surface area contributed by atoms with Crippen molar-refractivity contribution in [1.82, 2.24) is 0 Å². The molecule has 1 heterocycles. The van der Waals surface area contributed by atoms with Gasteiger partial charge in [0.25, 0.3) is 0 Å². The first-order chi connectivity index (χ1) is 35.0. The van der Waals surface area contributed by atoms with Gasteiger partial charge in [-0.25, -0.2) is 0 Å². The highest BCUT2D eigenvalue weighted by molar-refractivity contribution is 6.11. The number of ether oxygens (including phenoxy) is 1. The van der Waals surface area contributed by atoms with Crippen molar-refractivity contribution in [1.29, 1.82) is 0 Å². The van der Waals surface area contributed by atoms with Crippen LogP contribution in [-0.4, -0.2) is 0 Å². The van der Waals surface area contributed by atoms with Crippen LogP contribution in [0.3, 0.4) is 0 Å². The Bertz CT molecular complexity index is 3790. The number of hydrogen-bond donors (Lipinski definition) is 0. The van der Waals surface area contributed by atoms with Crippen molar-refractivity contribution in [2.75, 3.05) is 9.80 Å². The quantitative estimate of drug-likeness (QED) is 0.151. The molecule has 10 aromatic carbocycles. The minimum absolute atomic E-state index is 0.177. The number of allylic oxidation sites excluding steroid dienone is 4. The second-order valence-electron chi connectivity index (χ2n) is 19.9. The van der Waals surface area contributed by atoms with Crippen molar-refractivity contribution >= 4 is 44.9 Å². The molecule has 0 saturated heterocycles. The van der Waals surface area contributed by atoms with Crippen LogP contribution in [-0.2, 0) is 10.8 Å². The van der Waals surface area contributed by atoms with Gasteiger partial charge in [0.1, 0.15) is 11.5 Å². The van der Waals surface area contributed by atoms with Crippen LogP contribution in [0.25, 0.3) is 44.2 Å². The zero-order chi connectivity index (χ0) is 47.3. The van der Waals surface area contributed by atoms with E-state index in [1.54, 1.807) is 0 Å². The van der Waals surface area contributed by atoms with E-state index in [0.717, 1.165) is 80.4 Å². The van der Waals surface area contributed by atoms with Crippen LogP contribution in [0.1, 0.15) is 54.5 Å². The third-order valence-corrected chi connectivity index (χ3v) is 15.8. The third-order valence-electron chi connectivity index (χ3n) is 15.8. The molecule has 0 bridgehead atoms. The Morgan fingerprint density at radius 2 is 0.972 bits per heavy atom. The van der Waals surface area contributed by atoms with E-state index in [4.69, 9.17) is 4.74 Å². The van der Waals surface area contributed by atoms with Crippen molar-refractivity contribution in [3.8, 4) is 44.9 Å². The van der Waals surface area contributed by atoms with Crippen LogP contribution < -0.4 is 14.5 Å². The van der Waals surface area contributed by atoms with Gasteiger partial charge in [-0.3, -0.25) is 0 Å². The fourth-order valence-electron chi connectivity index (χ4n) is 12.7. The highest BCUT2D eigenvalue weighted by atomic mass is 16.5. The van der Waals surface area contributed by atoms with Crippen LogP contribution in [0.5, 0.6) is 11.5 Å². The molecule has 3 nitrogen and oxygen atoms in total. The predicted molar refractivity (Wildman–Crippen MR) is 295 cm³/mol. The molecular weight excluding hydrogens is 861 g/mol. The molecule has 0 aromatic heterocycles. The summed E-state index contributed by atoms with van der Waals surface area (Å²) in [4.78, 5) is 4.81. The summed E-state index contributed by atoms with van der Waals surface area (Å²) in [7, 11) is 0. The molecular formula is C68H50N2O. The summed E-state index contributed by atoms with van der Waals surface area (Å²) in [6.45, 7) is 4.75. The lowest BCUT2D eigenvalue weighted by molar-refractivity contribution is 0.487. The fourth-order valence-corrected chi connectivity index (χ4v) is 12.7. The number of fused-ring (bicyclic) bond motifs is 8. The standard InChI is InChI=1S/C68H50N2O/c1-67(2)59-32-17-15-28-52(59)54-37-34-49(42-61(54)67)70(50-35-38-55-53-29-16-18-33-60(53)68(62(55)43-50,45-20-7-3-8-21-45)46-22-9-4-10-23-46)63-40-41-64-66-57(30-19-31-58(63)66)56-39-36-51(44-65(56)71-64)69(47-24-11-5-12-25-47)48-26-13-6-14-27-48/h3-9,11-22,24-44H,10,23H2,1-2H3. The van der Waals surface area contributed by atoms with Crippen LogP contribution in [0.2, 0.25) is 0 Å². The van der Waals surface area contributed by atoms with E-state index in [9.17, 15) is 0 Å². The Labute approximate surface area is 415 Å². The normalized spacial score (nSPS) is 16.2. The number of rotatable bonds is 8. The Morgan fingerprint density at radius 1 is 0.408 bits per heavy atom. The Balaban J connectivity index is 0.981. The number of para-hydroxylation sites is 2. The topological polar surface area (TPSA) is 15.7 Å². The summed E-state index contributed by atoms with van der Waals surface area (Å²) in [5, 5.41) is 2.24. The van der Waals surface area contributed by atoms with Crippen molar-refractivity contribution < 1.29 is 4.74 Å². The molecule has 338 valence electrons. The Hall–Kier alpha value is -8.66. The number of benzene rings is 10. The van der Waals surface area contributed by atoms with Gasteiger partial charge in [-0.15, -0.1) is 0 Å². The third kappa shape index (κ3) is 6.15. The molecule has 0 saturated carbocycles. The van der Waals surface area contributed by atoms with E-state index < -0.39 is 5.41 Å². The molecule has 0 amide bonds. The van der Waals surface area contributed by atoms with E-state index >= 15 is 0 Å². The minimum Gasteiger partial charge on any atom is -0.456 e. The minimum atomic E-state index is -0.464. The first-order valence-corrected chi connectivity index (χ1v) is 25.0. The van der Waals surface area contributed by atoms with Crippen LogP contribution in [0.4, 0.5) is 34.1 Å². The zero-order valence-electron chi connectivity index (χ0n) is 39.8. The second kappa shape index (κ2) is 15.9. The zero-order valence-corrected chi connectivity index (χ0v) is 39.8. The van der Waals surface area contributed by atoms with Gasteiger partial charge in [0.2, 0.25) is 0 Å². The summed E-state index contributed by atoms with van der Waals surface area (Å²) in [6, 6.07) is 82.7. The van der Waals surface area contributed by atoms with Crippen LogP contribution >= 0.6 is 0 Å². The van der Waals surface area contributed by atoms with Crippen LogP contribution in [0, 0.1) is 0 Å². The smallest absolute Gasteiger partial charge is 0.137 e. The molecule has 1 atom stereocenters. The summed E-state index contributed by atoms with van der Waals surface area (Å²) in [6.07, 6.45) is 8.97. The molecule has 0 N–H and O–H groups in total. The molecule has 1 unspecified atom stereocenters. The SMILES string of the molecule is CC1(C)c2ccccc2-c2ccc(N(c3ccc4c(c3)C(C3=CC=CCC3)(c3ccccc3)c3ccccc3-4)c3ccc4c5c(cccc35)-c3ccc(N(c5ccccc5)c5ccccc5)cc3O4)cc21. The maximum atomic E-state index is 7.06. The largest absolute Gasteiger partial charge is 0.456 e. The maximum absolute atomic E-state index is 7.06. The first-order valence-electron chi connectivity index (χ1n) is 25.0. The van der Waals surface area contributed by atoms with Crippen molar-refractivity contribution in [3.05, 3.63) is 276 Å². The van der Waals surface area contributed by atoms with E-state index in [-0.39, 0.29) is 5.41 Å². The first kappa shape index (κ1) is 41.3. The molecule has 71 heavy (non-hydrogen) atoms. The van der Waals surface area contributed by atoms with Crippen molar-refractivity contribution in [2.24, 2.45) is 0 Å². The Kier molecular flexibility index (Phi) is 9.28. The van der Waals surface area contributed by atoms with Gasteiger partial charge < -0.3 is 14.5 Å². The van der Waals surface area contributed by atoms with E-state index in [1.807, 2.05) is 0 Å². The highest BCUT2D eigenvalue weighted by Gasteiger charge is 2.47. The van der Waals surface area contributed by atoms with Crippen molar-refractivity contribution in [3.63, 3.8) is 0 Å². The predicted octanol–water partition coefficient (Wildman–Crippen LogP) is 18.4. The van der Waals surface area contributed by atoms with Gasteiger partial charge in [0, 0.05) is 56.3 Å². The average Bonchev–Trinajstić information content (AvgIpc) is 3.85. The summed E-state index contributed by atoms with van der Waals surface area (Å²) in [5.74, 6) is 1.69. The second-order valence-corrected chi connectivity index (χ2v) is 19.9. The average molecular weight is 911 g/mol. The maximum Gasteiger partial charge on any atom is 0.137 e. The molecule has 4 aliphatic rings. The molecule has 3 aliphatic carbocycles. The van der Waals surface area contributed by atoms with Gasteiger partial charge in [0.15, 0.2) is 0 Å². The van der Waals surface area contributed by atoms with Gasteiger partial charge in [-0.1, -0.05) is 183 Å². The van der Waals surface area contributed by atoms with Crippen molar-refractivity contribution in [2.45, 2.75) is 37.5 Å². The van der Waals surface area contributed by atoms with Gasteiger partial charge in [-0.2, -0.15) is 0 Å². The summed E-state index contributed by atoms with van der Waals surface area (Å²) < 4.78 is 7.06. The van der Waals surface area contributed by atoms with E-state index in [1.165, 1.54) is 55.6 Å².